The van der Waals surface area contributed by atoms with E-state index in [0.717, 1.165) is 41.7 Å². The molecule has 0 saturated heterocycles. The van der Waals surface area contributed by atoms with E-state index >= 15 is 0 Å². The highest BCUT2D eigenvalue weighted by Gasteiger charge is 2.18. The SMILES string of the molecule is COc1cc(-c2ccc3c4c([nH]c(=O)c3c2)CN(C)CC4)ccc1F. The number of H-pyrrole nitrogens is 1. The number of fused-ring (bicyclic) bond motifs is 3. The van der Waals surface area contributed by atoms with Gasteiger partial charge in [0.05, 0.1) is 7.11 Å². The molecule has 4 rings (SSSR count). The van der Waals surface area contributed by atoms with Crippen molar-refractivity contribution in [2.24, 2.45) is 0 Å². The van der Waals surface area contributed by atoms with Gasteiger partial charge in [-0.15, -0.1) is 0 Å². The fourth-order valence-corrected chi connectivity index (χ4v) is 3.53. The van der Waals surface area contributed by atoms with Crippen LogP contribution >= 0.6 is 0 Å². The largest absolute Gasteiger partial charge is 0.494 e. The topological polar surface area (TPSA) is 45.3 Å². The Hall–Kier alpha value is -2.66. The quantitative estimate of drug-likeness (QED) is 0.779. The highest BCUT2D eigenvalue weighted by Crippen LogP contribution is 2.30. The molecule has 25 heavy (non-hydrogen) atoms. The van der Waals surface area contributed by atoms with Gasteiger partial charge >= 0.3 is 0 Å². The van der Waals surface area contributed by atoms with Crippen molar-refractivity contribution in [2.45, 2.75) is 13.0 Å². The van der Waals surface area contributed by atoms with Gasteiger partial charge in [0.2, 0.25) is 0 Å². The first-order chi connectivity index (χ1) is 12.1. The molecule has 1 aliphatic rings. The first-order valence-corrected chi connectivity index (χ1v) is 8.27. The normalized spacial score (nSPS) is 14.5. The first-order valence-electron chi connectivity index (χ1n) is 8.27. The summed E-state index contributed by atoms with van der Waals surface area (Å²) in [6.07, 6.45) is 0.919. The number of methoxy groups -OCH3 is 1. The molecule has 1 aromatic heterocycles. The zero-order valence-corrected chi connectivity index (χ0v) is 14.2. The van der Waals surface area contributed by atoms with E-state index in [1.54, 1.807) is 12.1 Å². The van der Waals surface area contributed by atoms with Crippen molar-refractivity contribution in [1.29, 1.82) is 0 Å². The lowest BCUT2D eigenvalue weighted by Gasteiger charge is -2.25. The number of aromatic nitrogens is 1. The van der Waals surface area contributed by atoms with Crippen LogP contribution in [0.4, 0.5) is 4.39 Å². The predicted octanol–water partition coefficient (Wildman–Crippen LogP) is 3.33. The van der Waals surface area contributed by atoms with E-state index in [2.05, 4.69) is 16.9 Å². The van der Waals surface area contributed by atoms with Crippen LogP contribution in [0.3, 0.4) is 0 Å². The van der Waals surface area contributed by atoms with Crippen LogP contribution in [0, 0.1) is 5.82 Å². The maximum Gasteiger partial charge on any atom is 0.256 e. The van der Waals surface area contributed by atoms with E-state index in [1.807, 2.05) is 18.2 Å². The van der Waals surface area contributed by atoms with Crippen molar-refractivity contribution < 1.29 is 9.13 Å². The van der Waals surface area contributed by atoms with Crippen molar-refractivity contribution in [1.82, 2.24) is 9.88 Å². The summed E-state index contributed by atoms with van der Waals surface area (Å²) in [4.78, 5) is 17.8. The maximum atomic E-state index is 13.6. The molecule has 0 atom stereocenters. The van der Waals surface area contributed by atoms with E-state index in [-0.39, 0.29) is 11.3 Å². The summed E-state index contributed by atoms with van der Waals surface area (Å²) in [6, 6.07) is 10.6. The summed E-state index contributed by atoms with van der Waals surface area (Å²) in [5.41, 5.74) is 3.82. The molecule has 0 aliphatic carbocycles. The van der Waals surface area contributed by atoms with Gasteiger partial charge in [0.1, 0.15) is 0 Å². The molecule has 3 aromatic rings. The molecule has 0 amide bonds. The van der Waals surface area contributed by atoms with Gasteiger partial charge in [-0.05, 0) is 53.7 Å². The van der Waals surface area contributed by atoms with Crippen LogP contribution in [0.5, 0.6) is 5.75 Å². The number of hydrogen-bond donors (Lipinski definition) is 1. The summed E-state index contributed by atoms with van der Waals surface area (Å²) in [5, 5.41) is 1.67. The number of nitrogens with zero attached hydrogens (tertiary/aromatic N) is 1. The van der Waals surface area contributed by atoms with Gasteiger partial charge in [-0.2, -0.15) is 0 Å². The Morgan fingerprint density at radius 2 is 1.88 bits per heavy atom. The lowest BCUT2D eigenvalue weighted by molar-refractivity contribution is 0.308. The summed E-state index contributed by atoms with van der Waals surface area (Å²) in [7, 11) is 3.49. The zero-order chi connectivity index (χ0) is 17.6. The van der Waals surface area contributed by atoms with Gasteiger partial charge in [-0.3, -0.25) is 4.79 Å². The average molecular weight is 338 g/mol. The Morgan fingerprint density at radius 1 is 1.12 bits per heavy atom. The fourth-order valence-electron chi connectivity index (χ4n) is 3.53. The molecule has 0 fully saturated rings. The van der Waals surface area contributed by atoms with Crippen LogP contribution in [-0.2, 0) is 13.0 Å². The molecular weight excluding hydrogens is 319 g/mol. The fraction of sp³-hybridized carbons (Fsp3) is 0.250. The molecule has 0 spiro atoms. The lowest BCUT2D eigenvalue weighted by Crippen LogP contribution is -2.29. The number of ether oxygens (including phenoxy) is 1. The second-order valence-electron chi connectivity index (χ2n) is 6.51. The molecule has 0 saturated carbocycles. The van der Waals surface area contributed by atoms with Crippen LogP contribution < -0.4 is 10.3 Å². The van der Waals surface area contributed by atoms with Crippen LogP contribution in [0.2, 0.25) is 0 Å². The number of nitrogens with one attached hydrogen (secondary N) is 1. The van der Waals surface area contributed by atoms with Gasteiger partial charge in [0, 0.05) is 24.2 Å². The second-order valence-corrected chi connectivity index (χ2v) is 6.51. The zero-order valence-electron chi connectivity index (χ0n) is 14.2. The number of aromatic amines is 1. The van der Waals surface area contributed by atoms with Crippen molar-refractivity contribution in [3.8, 4) is 16.9 Å². The number of benzene rings is 2. The monoisotopic (exact) mass is 338 g/mol. The summed E-state index contributed by atoms with van der Waals surface area (Å²) in [6.45, 7) is 1.74. The summed E-state index contributed by atoms with van der Waals surface area (Å²) in [5.74, 6) is -0.205. The molecule has 1 N–H and O–H groups in total. The van der Waals surface area contributed by atoms with Gasteiger partial charge < -0.3 is 14.6 Å². The number of rotatable bonds is 2. The Labute approximate surface area is 144 Å². The van der Waals surface area contributed by atoms with E-state index in [1.165, 1.54) is 18.7 Å². The minimum Gasteiger partial charge on any atom is -0.494 e. The maximum absolute atomic E-state index is 13.6. The number of hydrogen-bond acceptors (Lipinski definition) is 3. The highest BCUT2D eigenvalue weighted by molar-refractivity contribution is 5.89. The Morgan fingerprint density at radius 3 is 2.68 bits per heavy atom. The Kier molecular flexibility index (Phi) is 3.81. The highest BCUT2D eigenvalue weighted by atomic mass is 19.1. The number of likely N-dealkylation sites (N-methyl/N-ethyl adjacent to an activating group) is 1. The molecule has 128 valence electrons. The van der Waals surface area contributed by atoms with Crippen molar-refractivity contribution >= 4 is 10.8 Å². The van der Waals surface area contributed by atoms with Gasteiger partial charge in [0.15, 0.2) is 11.6 Å². The third kappa shape index (κ3) is 2.70. The predicted molar refractivity (Wildman–Crippen MR) is 96.6 cm³/mol. The Balaban J connectivity index is 1.88. The molecule has 1 aliphatic heterocycles. The standard InChI is InChI=1S/C20H19FN2O2/c1-23-8-7-15-14-5-3-12(9-16(14)20(24)22-18(15)11-23)13-4-6-17(21)19(10-13)25-2/h3-6,9-10H,7-8,11H2,1-2H3,(H,22,24). The van der Waals surface area contributed by atoms with E-state index in [9.17, 15) is 9.18 Å². The smallest absolute Gasteiger partial charge is 0.256 e. The number of pyridine rings is 1. The van der Waals surface area contributed by atoms with Crippen molar-refractivity contribution in [3.63, 3.8) is 0 Å². The van der Waals surface area contributed by atoms with E-state index in [0.29, 0.717) is 5.39 Å². The first kappa shape index (κ1) is 15.8. The van der Waals surface area contributed by atoms with Gasteiger partial charge in [-0.1, -0.05) is 18.2 Å². The van der Waals surface area contributed by atoms with Gasteiger partial charge in [0.25, 0.3) is 5.56 Å². The second kappa shape index (κ2) is 6.01. The third-order valence-corrected chi connectivity index (χ3v) is 4.87. The molecule has 0 unspecified atom stereocenters. The van der Waals surface area contributed by atoms with Crippen molar-refractivity contribution in [2.75, 3.05) is 20.7 Å². The average Bonchev–Trinajstić information content (AvgIpc) is 2.62. The Bertz CT molecular complexity index is 1030. The molecule has 4 nitrogen and oxygen atoms in total. The van der Waals surface area contributed by atoms with E-state index < -0.39 is 5.82 Å². The van der Waals surface area contributed by atoms with E-state index in [4.69, 9.17) is 4.74 Å². The van der Waals surface area contributed by atoms with Gasteiger partial charge in [-0.25, -0.2) is 4.39 Å². The van der Waals surface area contributed by atoms with Crippen molar-refractivity contribution in [3.05, 3.63) is 63.8 Å². The molecule has 2 aromatic carbocycles. The molecule has 2 heterocycles. The van der Waals surface area contributed by atoms with Crippen LogP contribution in [-0.4, -0.2) is 30.6 Å². The van der Waals surface area contributed by atoms with Crippen LogP contribution in [0.1, 0.15) is 11.3 Å². The minimum atomic E-state index is -0.400. The molecular formula is C20H19FN2O2. The molecule has 0 bridgehead atoms. The number of halogens is 1. The van der Waals surface area contributed by atoms with Crippen LogP contribution in [0.15, 0.2) is 41.2 Å². The minimum absolute atomic E-state index is 0.0834. The lowest BCUT2D eigenvalue weighted by atomic mass is 9.95. The molecule has 5 heteroatoms. The summed E-state index contributed by atoms with van der Waals surface area (Å²) >= 11 is 0. The van der Waals surface area contributed by atoms with Crippen LogP contribution in [0.25, 0.3) is 21.9 Å². The summed E-state index contributed by atoms with van der Waals surface area (Å²) < 4.78 is 18.7. The molecule has 0 radical (unpaired) electrons. The third-order valence-electron chi connectivity index (χ3n) is 4.87.